The lowest BCUT2D eigenvalue weighted by Crippen LogP contribution is -2.34. The molecule has 0 spiro atoms. The highest BCUT2D eigenvalue weighted by atomic mass is 79.9. The number of carbonyl (C=O) groups excluding carboxylic acids is 1. The van der Waals surface area contributed by atoms with Crippen LogP contribution in [0, 0.1) is 20.2 Å². The van der Waals surface area contributed by atoms with Crippen molar-refractivity contribution in [2.75, 3.05) is 5.32 Å². The van der Waals surface area contributed by atoms with Crippen molar-refractivity contribution >= 4 is 72.2 Å². The number of nitro groups is 2. The van der Waals surface area contributed by atoms with Gasteiger partial charge < -0.3 is 10.4 Å². The van der Waals surface area contributed by atoms with Crippen molar-refractivity contribution in [3.63, 3.8) is 0 Å². The fourth-order valence-electron chi connectivity index (χ4n) is 1.91. The Morgan fingerprint density at radius 2 is 1.48 bits per heavy atom. The highest BCUT2D eigenvalue weighted by Crippen LogP contribution is 2.35. The molecule has 0 heterocycles. The first-order chi connectivity index (χ1) is 12.6. The van der Waals surface area contributed by atoms with Gasteiger partial charge in [0.15, 0.2) is 5.11 Å². The van der Waals surface area contributed by atoms with Crippen LogP contribution in [0.15, 0.2) is 39.3 Å². The largest absolute Gasteiger partial charge is 0.506 e. The number of hydrogen-bond donors (Lipinski definition) is 3. The number of nitrogens with zero attached hydrogens (tertiary/aromatic N) is 2. The molecule has 0 unspecified atom stereocenters. The van der Waals surface area contributed by atoms with Crippen LogP contribution in [0.3, 0.4) is 0 Å². The van der Waals surface area contributed by atoms with E-state index in [2.05, 4.69) is 42.5 Å². The molecule has 3 N–H and O–H groups in total. The molecule has 2 rings (SSSR count). The third kappa shape index (κ3) is 5.18. The molecular weight excluding hydrogens is 512 g/mol. The number of nitro benzene ring substituents is 2. The van der Waals surface area contributed by atoms with E-state index < -0.39 is 27.1 Å². The fourth-order valence-corrected chi connectivity index (χ4v) is 3.31. The summed E-state index contributed by atoms with van der Waals surface area (Å²) in [5.41, 5.74) is -1.07. The molecule has 0 aliphatic heterocycles. The number of benzene rings is 2. The predicted octanol–water partition coefficient (Wildman–Crippen LogP) is 3.86. The van der Waals surface area contributed by atoms with Crippen LogP contribution in [-0.2, 0) is 0 Å². The summed E-state index contributed by atoms with van der Waals surface area (Å²) in [5, 5.41) is 36.3. The van der Waals surface area contributed by atoms with Gasteiger partial charge in [-0.2, -0.15) is 0 Å². The number of non-ortho nitro benzene ring substituents is 2. The third-order valence-electron chi connectivity index (χ3n) is 3.09. The van der Waals surface area contributed by atoms with Gasteiger partial charge in [-0.1, -0.05) is 0 Å². The first-order valence-electron chi connectivity index (χ1n) is 6.82. The highest BCUT2D eigenvalue weighted by Gasteiger charge is 2.20. The van der Waals surface area contributed by atoms with Gasteiger partial charge >= 0.3 is 0 Å². The molecule has 2 aromatic rings. The lowest BCUT2D eigenvalue weighted by atomic mass is 10.1. The highest BCUT2D eigenvalue weighted by molar-refractivity contribution is 9.11. The summed E-state index contributed by atoms with van der Waals surface area (Å²) in [6.45, 7) is 0. The molecule has 0 saturated carbocycles. The third-order valence-corrected chi connectivity index (χ3v) is 4.50. The maximum absolute atomic E-state index is 12.2. The number of thiocarbonyl (C=S) groups is 1. The van der Waals surface area contributed by atoms with Crippen LogP contribution in [0.5, 0.6) is 5.75 Å². The summed E-state index contributed by atoms with van der Waals surface area (Å²) in [6.07, 6.45) is 0. The van der Waals surface area contributed by atoms with Crippen molar-refractivity contribution in [2.45, 2.75) is 0 Å². The average Bonchev–Trinajstić information content (AvgIpc) is 2.58. The van der Waals surface area contributed by atoms with E-state index in [1.807, 2.05) is 0 Å². The van der Waals surface area contributed by atoms with Crippen LogP contribution in [0.25, 0.3) is 0 Å². The van der Waals surface area contributed by atoms with Gasteiger partial charge in [0.25, 0.3) is 17.3 Å². The number of halogens is 2. The number of nitrogens with one attached hydrogen (secondary N) is 2. The smallest absolute Gasteiger partial charge is 0.277 e. The van der Waals surface area contributed by atoms with Crippen LogP contribution in [-0.4, -0.2) is 26.0 Å². The van der Waals surface area contributed by atoms with Gasteiger partial charge in [-0.15, -0.1) is 0 Å². The Kier molecular flexibility index (Phi) is 6.41. The summed E-state index contributed by atoms with van der Waals surface area (Å²) in [6, 6.07) is 5.55. The number of rotatable bonds is 4. The Balaban J connectivity index is 2.20. The molecule has 0 aliphatic carbocycles. The van der Waals surface area contributed by atoms with Crippen LogP contribution < -0.4 is 10.6 Å². The molecule has 0 aliphatic rings. The first kappa shape index (κ1) is 20.7. The quantitative estimate of drug-likeness (QED) is 0.238. The van der Waals surface area contributed by atoms with E-state index in [0.29, 0.717) is 14.6 Å². The van der Waals surface area contributed by atoms with Crippen molar-refractivity contribution in [1.29, 1.82) is 0 Å². The van der Waals surface area contributed by atoms with Crippen molar-refractivity contribution in [3.05, 3.63) is 65.1 Å². The average molecular weight is 520 g/mol. The molecule has 0 atom stereocenters. The molecular formula is C14H8Br2N4O6S. The molecule has 0 saturated heterocycles. The molecule has 140 valence electrons. The van der Waals surface area contributed by atoms with Crippen LogP contribution >= 0.6 is 44.1 Å². The monoisotopic (exact) mass is 518 g/mol. The zero-order valence-corrected chi connectivity index (χ0v) is 16.9. The predicted molar refractivity (Wildman–Crippen MR) is 107 cm³/mol. The second kappa shape index (κ2) is 8.37. The first-order valence-corrected chi connectivity index (χ1v) is 8.82. The Bertz CT molecular complexity index is 929. The number of anilines is 1. The minimum atomic E-state index is -0.865. The normalized spacial score (nSPS) is 10.1. The molecule has 0 radical (unpaired) electrons. The van der Waals surface area contributed by atoms with E-state index in [4.69, 9.17) is 12.2 Å². The van der Waals surface area contributed by atoms with Gasteiger partial charge in [0.1, 0.15) is 5.75 Å². The molecule has 27 heavy (non-hydrogen) atoms. The molecule has 0 aromatic heterocycles. The molecule has 10 nitrogen and oxygen atoms in total. The Morgan fingerprint density at radius 1 is 1.00 bits per heavy atom. The molecule has 0 bridgehead atoms. The SMILES string of the molecule is O=C(NC(=S)Nc1cc(Br)c(O)c(Br)c1)c1cc([N+](=O)[O-])cc([N+](=O)[O-])c1. The van der Waals surface area contributed by atoms with Crippen molar-refractivity contribution in [1.82, 2.24) is 5.32 Å². The summed E-state index contributed by atoms with van der Waals surface area (Å²) in [5.74, 6) is -0.893. The van der Waals surface area contributed by atoms with Crippen molar-refractivity contribution < 1.29 is 19.7 Å². The second-order valence-corrected chi connectivity index (χ2v) is 7.07. The molecule has 1 amide bonds. The van der Waals surface area contributed by atoms with E-state index >= 15 is 0 Å². The zero-order chi connectivity index (χ0) is 20.3. The minimum absolute atomic E-state index is 0.0283. The van der Waals surface area contributed by atoms with Crippen LogP contribution in [0.2, 0.25) is 0 Å². The number of amides is 1. The van der Waals surface area contributed by atoms with Gasteiger partial charge in [0.2, 0.25) is 0 Å². The van der Waals surface area contributed by atoms with E-state index in [1.165, 1.54) is 12.1 Å². The number of aromatic hydroxyl groups is 1. The van der Waals surface area contributed by atoms with Gasteiger partial charge in [0, 0.05) is 17.8 Å². The lowest BCUT2D eigenvalue weighted by molar-refractivity contribution is -0.394. The Labute approximate surface area is 173 Å². The van der Waals surface area contributed by atoms with E-state index in [9.17, 15) is 30.1 Å². The maximum atomic E-state index is 12.2. The number of carbonyl (C=O) groups is 1. The Hall–Kier alpha value is -2.64. The molecule has 13 heteroatoms. The topological polar surface area (TPSA) is 148 Å². The van der Waals surface area contributed by atoms with Gasteiger partial charge in [-0.25, -0.2) is 0 Å². The minimum Gasteiger partial charge on any atom is -0.506 e. The summed E-state index contributed by atoms with van der Waals surface area (Å²) < 4.78 is 0.727. The maximum Gasteiger partial charge on any atom is 0.277 e. The van der Waals surface area contributed by atoms with Gasteiger partial charge in [0.05, 0.1) is 30.4 Å². The zero-order valence-electron chi connectivity index (χ0n) is 12.9. The number of phenolic OH excluding ortho intramolecular Hbond substituents is 1. The summed E-state index contributed by atoms with van der Waals surface area (Å²) in [7, 11) is 0. The van der Waals surface area contributed by atoms with Crippen LogP contribution in [0.4, 0.5) is 17.1 Å². The lowest BCUT2D eigenvalue weighted by Gasteiger charge is -2.11. The Morgan fingerprint density at radius 3 is 1.93 bits per heavy atom. The van der Waals surface area contributed by atoms with Crippen LogP contribution in [0.1, 0.15) is 10.4 Å². The van der Waals surface area contributed by atoms with E-state index in [-0.39, 0.29) is 16.4 Å². The van der Waals surface area contributed by atoms with Crippen molar-refractivity contribution in [2.24, 2.45) is 0 Å². The standard InChI is InChI=1S/C14H8Br2N4O6S/c15-10-3-7(4-11(16)12(10)21)17-14(27)18-13(22)6-1-8(19(23)24)5-9(2-6)20(25)26/h1-5,21H,(H2,17,18,22,27). The second-order valence-electron chi connectivity index (χ2n) is 4.95. The molecule has 2 aromatic carbocycles. The van der Waals surface area contributed by atoms with E-state index in [1.54, 1.807) is 0 Å². The van der Waals surface area contributed by atoms with Gasteiger partial charge in [-0.05, 0) is 56.2 Å². The summed E-state index contributed by atoms with van der Waals surface area (Å²) in [4.78, 5) is 32.3. The molecule has 0 fully saturated rings. The summed E-state index contributed by atoms with van der Waals surface area (Å²) >= 11 is 11.3. The van der Waals surface area contributed by atoms with E-state index in [0.717, 1.165) is 18.2 Å². The van der Waals surface area contributed by atoms with Crippen molar-refractivity contribution in [3.8, 4) is 5.75 Å². The number of hydrogen-bond acceptors (Lipinski definition) is 7. The van der Waals surface area contributed by atoms with Gasteiger partial charge in [-0.3, -0.25) is 30.3 Å². The fraction of sp³-hybridized carbons (Fsp3) is 0. The number of phenols is 1.